The molecule has 4 rings (SSSR count). The first-order chi connectivity index (χ1) is 17.5. The summed E-state index contributed by atoms with van der Waals surface area (Å²) < 4.78 is 26.0. The average Bonchev–Trinajstić information content (AvgIpc) is 2.88. The van der Waals surface area contributed by atoms with Gasteiger partial charge in [-0.3, -0.25) is 4.79 Å². The number of rotatable bonds is 8. The van der Waals surface area contributed by atoms with Crippen molar-refractivity contribution in [2.75, 3.05) is 11.9 Å². The Morgan fingerprint density at radius 2 is 1.81 bits per heavy atom. The number of amides is 1. The minimum atomic E-state index is -0.589. The Morgan fingerprint density at radius 3 is 2.56 bits per heavy atom. The van der Waals surface area contributed by atoms with Crippen LogP contribution >= 0.6 is 22.6 Å². The molecule has 4 aromatic carbocycles. The normalized spacial score (nSPS) is 11.1. The van der Waals surface area contributed by atoms with E-state index in [0.717, 1.165) is 19.9 Å². The van der Waals surface area contributed by atoms with Crippen LogP contribution in [-0.2, 0) is 11.4 Å². The molecule has 0 fully saturated rings. The number of anilines is 1. The molecule has 5 nitrogen and oxygen atoms in total. The number of nitrogens with zero attached hydrogens (tertiary/aromatic N) is 1. The second kappa shape index (κ2) is 11.7. The van der Waals surface area contributed by atoms with Crippen molar-refractivity contribution in [1.29, 1.82) is 5.26 Å². The van der Waals surface area contributed by atoms with E-state index in [0.29, 0.717) is 36.0 Å². The summed E-state index contributed by atoms with van der Waals surface area (Å²) in [7, 11) is 0. The summed E-state index contributed by atoms with van der Waals surface area (Å²) in [5.74, 6) is 0.113. The fourth-order valence-electron chi connectivity index (χ4n) is 3.69. The van der Waals surface area contributed by atoms with Crippen molar-refractivity contribution >= 4 is 51.0 Å². The lowest BCUT2D eigenvalue weighted by molar-refractivity contribution is -0.112. The molecule has 0 saturated carbocycles. The van der Waals surface area contributed by atoms with Gasteiger partial charge in [0.2, 0.25) is 0 Å². The van der Waals surface area contributed by atoms with Crippen molar-refractivity contribution in [2.45, 2.75) is 13.5 Å². The first-order valence-corrected chi connectivity index (χ1v) is 12.3. The molecule has 1 N–H and O–H groups in total. The molecule has 4 aromatic rings. The maximum atomic E-state index is 13.1. The summed E-state index contributed by atoms with van der Waals surface area (Å²) in [4.78, 5) is 12.6. The van der Waals surface area contributed by atoms with E-state index in [9.17, 15) is 14.4 Å². The number of nitrogens with one attached hydrogen (secondary N) is 1. The van der Waals surface area contributed by atoms with E-state index in [2.05, 4.69) is 46.1 Å². The van der Waals surface area contributed by atoms with Gasteiger partial charge in [-0.05, 0) is 93.9 Å². The molecule has 0 bridgehead atoms. The van der Waals surface area contributed by atoms with Crippen molar-refractivity contribution in [2.24, 2.45) is 0 Å². The highest BCUT2D eigenvalue weighted by Gasteiger charge is 2.15. The van der Waals surface area contributed by atoms with Crippen LogP contribution in [0.5, 0.6) is 11.5 Å². The van der Waals surface area contributed by atoms with Crippen LogP contribution in [0.25, 0.3) is 16.8 Å². The van der Waals surface area contributed by atoms with E-state index < -0.39 is 11.7 Å². The van der Waals surface area contributed by atoms with Gasteiger partial charge in [-0.2, -0.15) is 5.26 Å². The Balaban J connectivity index is 1.59. The molecule has 1 amide bonds. The van der Waals surface area contributed by atoms with E-state index in [-0.39, 0.29) is 5.57 Å². The van der Waals surface area contributed by atoms with Gasteiger partial charge in [0, 0.05) is 5.69 Å². The summed E-state index contributed by atoms with van der Waals surface area (Å²) in [5.41, 5.74) is 1.97. The Bertz CT molecular complexity index is 1470. The molecule has 0 aliphatic carbocycles. The van der Waals surface area contributed by atoms with Gasteiger partial charge < -0.3 is 14.8 Å². The number of hydrogen-bond donors (Lipinski definition) is 1. The molecule has 0 atom stereocenters. The first-order valence-electron chi connectivity index (χ1n) is 11.2. The van der Waals surface area contributed by atoms with Crippen LogP contribution in [-0.4, -0.2) is 12.5 Å². The Morgan fingerprint density at radius 1 is 1.06 bits per heavy atom. The number of nitriles is 1. The Kier molecular flexibility index (Phi) is 8.18. The summed E-state index contributed by atoms with van der Waals surface area (Å²) in [5, 5.41) is 14.4. The van der Waals surface area contributed by atoms with Crippen molar-refractivity contribution < 1.29 is 18.7 Å². The molecule has 36 heavy (non-hydrogen) atoms. The SMILES string of the molecule is CCOc1cc(/C=C(\C#N)C(=O)Nc2ccc(F)cc2)cc(I)c1OCc1cccc2ccccc12. The molecule has 0 aliphatic rings. The molecule has 180 valence electrons. The van der Waals surface area contributed by atoms with Crippen molar-refractivity contribution in [1.82, 2.24) is 0 Å². The zero-order valence-corrected chi connectivity index (χ0v) is 21.6. The van der Waals surface area contributed by atoms with Gasteiger partial charge in [0.25, 0.3) is 5.91 Å². The minimum absolute atomic E-state index is 0.0954. The van der Waals surface area contributed by atoms with Gasteiger partial charge in [0.15, 0.2) is 11.5 Å². The summed E-state index contributed by atoms with van der Waals surface area (Å²) in [6.07, 6.45) is 1.48. The fourth-order valence-corrected chi connectivity index (χ4v) is 4.47. The number of benzene rings is 4. The van der Waals surface area contributed by atoms with E-state index >= 15 is 0 Å². The number of ether oxygens (including phenoxy) is 2. The van der Waals surface area contributed by atoms with Crippen molar-refractivity contribution in [3.05, 3.63) is 105 Å². The lowest BCUT2D eigenvalue weighted by Crippen LogP contribution is -2.13. The Labute approximate surface area is 222 Å². The van der Waals surface area contributed by atoms with Crippen LogP contribution in [0.15, 0.2) is 84.4 Å². The second-order valence-corrected chi connectivity index (χ2v) is 8.98. The van der Waals surface area contributed by atoms with E-state index in [1.54, 1.807) is 6.07 Å². The third kappa shape index (κ3) is 6.01. The van der Waals surface area contributed by atoms with Crippen LogP contribution in [0.4, 0.5) is 10.1 Å². The van der Waals surface area contributed by atoms with Crippen LogP contribution in [0, 0.1) is 20.7 Å². The molecule has 0 aliphatic heterocycles. The summed E-state index contributed by atoms with van der Waals surface area (Å²) in [6.45, 7) is 2.65. The predicted octanol–water partition coefficient (Wildman–Crippen LogP) is 7.11. The largest absolute Gasteiger partial charge is 0.490 e. The van der Waals surface area contributed by atoms with Gasteiger partial charge in [-0.1, -0.05) is 42.5 Å². The second-order valence-electron chi connectivity index (χ2n) is 7.82. The van der Waals surface area contributed by atoms with Gasteiger partial charge in [0.1, 0.15) is 24.1 Å². The Hall–Kier alpha value is -3.90. The van der Waals surface area contributed by atoms with E-state index in [1.807, 2.05) is 43.3 Å². The zero-order chi connectivity index (χ0) is 25.5. The molecule has 0 saturated heterocycles. The van der Waals surface area contributed by atoms with Crippen LogP contribution in [0.2, 0.25) is 0 Å². The quantitative estimate of drug-likeness (QED) is 0.135. The van der Waals surface area contributed by atoms with Gasteiger partial charge in [-0.25, -0.2) is 4.39 Å². The third-order valence-corrected chi connectivity index (χ3v) is 6.16. The van der Waals surface area contributed by atoms with Crippen molar-refractivity contribution in [3.63, 3.8) is 0 Å². The maximum absolute atomic E-state index is 13.1. The highest BCUT2D eigenvalue weighted by Crippen LogP contribution is 2.36. The molecule has 7 heteroatoms. The van der Waals surface area contributed by atoms with Crippen LogP contribution in [0.1, 0.15) is 18.1 Å². The maximum Gasteiger partial charge on any atom is 0.266 e. The third-order valence-electron chi connectivity index (χ3n) is 5.36. The van der Waals surface area contributed by atoms with Crippen LogP contribution < -0.4 is 14.8 Å². The predicted molar refractivity (Wildman–Crippen MR) is 147 cm³/mol. The molecular weight excluding hydrogens is 570 g/mol. The monoisotopic (exact) mass is 592 g/mol. The summed E-state index contributed by atoms with van der Waals surface area (Å²) in [6, 6.07) is 25.1. The van der Waals surface area contributed by atoms with Crippen molar-refractivity contribution in [3.8, 4) is 17.6 Å². The molecule has 0 radical (unpaired) electrons. The zero-order valence-electron chi connectivity index (χ0n) is 19.4. The smallest absolute Gasteiger partial charge is 0.266 e. The van der Waals surface area contributed by atoms with Crippen LogP contribution in [0.3, 0.4) is 0 Å². The first kappa shape index (κ1) is 25.2. The minimum Gasteiger partial charge on any atom is -0.490 e. The highest BCUT2D eigenvalue weighted by molar-refractivity contribution is 14.1. The molecule has 0 unspecified atom stereocenters. The molecular formula is C29H22FIN2O3. The number of fused-ring (bicyclic) bond motifs is 1. The van der Waals surface area contributed by atoms with Gasteiger partial charge >= 0.3 is 0 Å². The molecule has 0 heterocycles. The molecule has 0 aromatic heterocycles. The lowest BCUT2D eigenvalue weighted by Gasteiger charge is -2.16. The standard InChI is InChI=1S/C29H22FIN2O3/c1-2-35-27-16-19(14-22(17-32)29(34)33-24-12-10-23(30)11-13-24)15-26(31)28(27)36-18-21-8-5-7-20-6-3-4-9-25(20)21/h3-16H,2,18H2,1H3,(H,33,34)/b22-14+. The number of carbonyl (C=O) groups is 1. The van der Waals surface area contributed by atoms with Gasteiger partial charge in [-0.15, -0.1) is 0 Å². The highest BCUT2D eigenvalue weighted by atomic mass is 127. The summed E-state index contributed by atoms with van der Waals surface area (Å²) >= 11 is 2.16. The number of halogens is 2. The van der Waals surface area contributed by atoms with E-state index in [4.69, 9.17) is 9.47 Å². The van der Waals surface area contributed by atoms with Gasteiger partial charge in [0.05, 0.1) is 10.2 Å². The fraction of sp³-hybridized carbons (Fsp3) is 0.103. The lowest BCUT2D eigenvalue weighted by atomic mass is 10.1. The van der Waals surface area contributed by atoms with E-state index in [1.165, 1.54) is 30.3 Å². The molecule has 0 spiro atoms. The number of hydrogen-bond acceptors (Lipinski definition) is 4. The number of carbonyl (C=O) groups excluding carboxylic acids is 1. The average molecular weight is 592 g/mol. The topological polar surface area (TPSA) is 71.3 Å².